The molecule has 98 valence electrons. The molecule has 18 heavy (non-hydrogen) atoms. The number of allylic oxidation sites excluding steroid dienone is 2. The molecule has 4 aliphatic carbocycles. The van der Waals surface area contributed by atoms with Crippen molar-refractivity contribution in [1.29, 1.82) is 0 Å². The molecule has 0 amide bonds. The van der Waals surface area contributed by atoms with Crippen molar-refractivity contribution in [3.63, 3.8) is 0 Å². The molecule has 4 bridgehead atoms. The van der Waals surface area contributed by atoms with Crippen LogP contribution in [-0.2, 0) is 9.53 Å². The summed E-state index contributed by atoms with van der Waals surface area (Å²) in [6.45, 7) is 0.679. The van der Waals surface area contributed by atoms with Gasteiger partial charge in [-0.05, 0) is 61.7 Å². The first-order valence-corrected chi connectivity index (χ1v) is 7.64. The zero-order valence-electron chi connectivity index (χ0n) is 10.9. The van der Waals surface area contributed by atoms with Crippen molar-refractivity contribution in [2.75, 3.05) is 6.61 Å². The molecule has 0 aliphatic heterocycles. The van der Waals surface area contributed by atoms with E-state index < -0.39 is 0 Å². The second-order valence-corrected chi connectivity index (χ2v) is 6.95. The largest absolute Gasteiger partial charge is 0.465 e. The minimum atomic E-state index is 0.119. The highest BCUT2D eigenvalue weighted by Crippen LogP contribution is 2.49. The van der Waals surface area contributed by atoms with Crippen LogP contribution in [0.2, 0.25) is 0 Å². The summed E-state index contributed by atoms with van der Waals surface area (Å²) in [6.07, 6.45) is 12.2. The van der Waals surface area contributed by atoms with Gasteiger partial charge in [0.2, 0.25) is 0 Å². The van der Waals surface area contributed by atoms with E-state index in [0.29, 0.717) is 24.4 Å². The third-order valence-corrected chi connectivity index (χ3v) is 5.90. The van der Waals surface area contributed by atoms with Crippen molar-refractivity contribution < 1.29 is 9.53 Å². The van der Waals surface area contributed by atoms with Crippen LogP contribution in [0.5, 0.6) is 0 Å². The molecule has 0 aromatic heterocycles. The molecule has 0 heterocycles. The molecule has 3 fully saturated rings. The van der Waals surface area contributed by atoms with E-state index in [1.165, 1.54) is 32.1 Å². The number of rotatable bonds is 3. The van der Waals surface area contributed by atoms with Gasteiger partial charge in [-0.1, -0.05) is 18.6 Å². The standard InChI is InChI=1S/C16H22O2/c17-16(15-8-11-2-4-13(15)6-11)18-9-14-7-10-1-3-12(14)5-10/h1,3,10-15H,2,4-9H2. The maximum absolute atomic E-state index is 12.2. The molecule has 4 rings (SSSR count). The summed E-state index contributed by atoms with van der Waals surface area (Å²) < 4.78 is 5.64. The van der Waals surface area contributed by atoms with Crippen molar-refractivity contribution in [3.05, 3.63) is 12.2 Å². The Hall–Kier alpha value is -0.790. The van der Waals surface area contributed by atoms with Crippen LogP contribution in [0.4, 0.5) is 0 Å². The van der Waals surface area contributed by atoms with Gasteiger partial charge >= 0.3 is 5.97 Å². The average molecular weight is 246 g/mol. The normalized spacial score (nSPS) is 48.0. The third-order valence-electron chi connectivity index (χ3n) is 5.90. The molecule has 6 atom stereocenters. The Morgan fingerprint density at radius 3 is 2.67 bits per heavy atom. The Kier molecular flexibility index (Phi) is 2.53. The summed E-state index contributed by atoms with van der Waals surface area (Å²) >= 11 is 0. The molecular formula is C16H22O2. The van der Waals surface area contributed by atoms with Crippen LogP contribution in [0.25, 0.3) is 0 Å². The van der Waals surface area contributed by atoms with E-state index in [1.807, 2.05) is 0 Å². The van der Waals surface area contributed by atoms with Gasteiger partial charge in [0.25, 0.3) is 0 Å². The summed E-state index contributed by atoms with van der Waals surface area (Å²) in [5, 5.41) is 0. The summed E-state index contributed by atoms with van der Waals surface area (Å²) in [5.74, 6) is 3.94. The van der Waals surface area contributed by atoms with Crippen LogP contribution in [0, 0.1) is 35.5 Å². The van der Waals surface area contributed by atoms with Gasteiger partial charge in [0, 0.05) is 0 Å². The molecule has 4 aliphatic rings. The van der Waals surface area contributed by atoms with Gasteiger partial charge in [0.15, 0.2) is 0 Å². The van der Waals surface area contributed by atoms with Gasteiger partial charge in [-0.15, -0.1) is 0 Å². The van der Waals surface area contributed by atoms with E-state index in [9.17, 15) is 4.79 Å². The van der Waals surface area contributed by atoms with Gasteiger partial charge < -0.3 is 4.74 Å². The zero-order chi connectivity index (χ0) is 12.1. The van der Waals surface area contributed by atoms with E-state index in [2.05, 4.69) is 12.2 Å². The first-order chi connectivity index (χ1) is 8.79. The van der Waals surface area contributed by atoms with Gasteiger partial charge in [-0.2, -0.15) is 0 Å². The average Bonchev–Trinajstić information content (AvgIpc) is 3.13. The van der Waals surface area contributed by atoms with Crippen LogP contribution < -0.4 is 0 Å². The number of ether oxygens (including phenoxy) is 1. The highest BCUT2D eigenvalue weighted by atomic mass is 16.5. The predicted molar refractivity (Wildman–Crippen MR) is 68.7 cm³/mol. The minimum Gasteiger partial charge on any atom is -0.465 e. The predicted octanol–water partition coefficient (Wildman–Crippen LogP) is 3.18. The number of carbonyl (C=O) groups is 1. The molecule has 0 saturated heterocycles. The molecule has 0 aromatic carbocycles. The SMILES string of the molecule is O=C(OCC1CC2C=CC1C2)C1CC2CCC1C2. The lowest BCUT2D eigenvalue weighted by molar-refractivity contribution is -0.152. The van der Waals surface area contributed by atoms with E-state index in [-0.39, 0.29) is 11.9 Å². The van der Waals surface area contributed by atoms with Crippen molar-refractivity contribution >= 4 is 5.97 Å². The van der Waals surface area contributed by atoms with Gasteiger partial charge in [0.05, 0.1) is 12.5 Å². The van der Waals surface area contributed by atoms with Crippen LogP contribution >= 0.6 is 0 Å². The molecule has 0 aromatic rings. The number of carbonyl (C=O) groups excluding carboxylic acids is 1. The Labute approximate surface area is 109 Å². The van der Waals surface area contributed by atoms with Crippen LogP contribution in [0.15, 0.2) is 12.2 Å². The molecule has 0 spiro atoms. The first kappa shape index (κ1) is 11.1. The molecule has 3 saturated carbocycles. The number of hydrogen-bond donors (Lipinski definition) is 0. The lowest BCUT2D eigenvalue weighted by atomic mass is 9.89. The maximum Gasteiger partial charge on any atom is 0.309 e. The fourth-order valence-corrected chi connectivity index (χ4v) is 4.92. The highest BCUT2D eigenvalue weighted by Gasteiger charge is 2.44. The summed E-state index contributed by atoms with van der Waals surface area (Å²) in [7, 11) is 0. The van der Waals surface area contributed by atoms with E-state index in [1.54, 1.807) is 0 Å². The van der Waals surface area contributed by atoms with Crippen molar-refractivity contribution in [1.82, 2.24) is 0 Å². The topological polar surface area (TPSA) is 26.3 Å². The summed E-state index contributed by atoms with van der Waals surface area (Å²) in [5.41, 5.74) is 0. The second kappa shape index (κ2) is 4.11. The van der Waals surface area contributed by atoms with E-state index >= 15 is 0 Å². The maximum atomic E-state index is 12.2. The zero-order valence-corrected chi connectivity index (χ0v) is 10.9. The number of fused-ring (bicyclic) bond motifs is 4. The highest BCUT2D eigenvalue weighted by molar-refractivity contribution is 5.73. The lowest BCUT2D eigenvalue weighted by Gasteiger charge is -2.23. The van der Waals surface area contributed by atoms with Crippen LogP contribution in [0.1, 0.15) is 38.5 Å². The fraction of sp³-hybridized carbons (Fsp3) is 0.812. The van der Waals surface area contributed by atoms with Gasteiger partial charge in [0.1, 0.15) is 0 Å². The van der Waals surface area contributed by atoms with E-state index in [0.717, 1.165) is 18.3 Å². The Bertz CT molecular complexity index is 387. The fourth-order valence-electron chi connectivity index (χ4n) is 4.92. The summed E-state index contributed by atoms with van der Waals surface area (Å²) in [4.78, 5) is 12.2. The lowest BCUT2D eigenvalue weighted by Crippen LogP contribution is -2.26. The van der Waals surface area contributed by atoms with Crippen LogP contribution in [-0.4, -0.2) is 12.6 Å². The molecule has 0 radical (unpaired) electrons. The Morgan fingerprint density at radius 1 is 1.11 bits per heavy atom. The molecular weight excluding hydrogens is 224 g/mol. The molecule has 2 nitrogen and oxygen atoms in total. The first-order valence-electron chi connectivity index (χ1n) is 7.64. The van der Waals surface area contributed by atoms with E-state index in [4.69, 9.17) is 4.74 Å². The van der Waals surface area contributed by atoms with Crippen molar-refractivity contribution in [2.24, 2.45) is 35.5 Å². The monoisotopic (exact) mass is 246 g/mol. The third kappa shape index (κ3) is 1.72. The minimum absolute atomic E-state index is 0.119. The molecule has 6 unspecified atom stereocenters. The smallest absolute Gasteiger partial charge is 0.309 e. The Morgan fingerprint density at radius 2 is 2.06 bits per heavy atom. The summed E-state index contributed by atoms with van der Waals surface area (Å²) in [6, 6.07) is 0. The quantitative estimate of drug-likeness (QED) is 0.564. The van der Waals surface area contributed by atoms with Crippen molar-refractivity contribution in [2.45, 2.75) is 38.5 Å². The molecule has 0 N–H and O–H groups in total. The van der Waals surface area contributed by atoms with Gasteiger partial charge in [-0.25, -0.2) is 0 Å². The second-order valence-electron chi connectivity index (χ2n) is 6.95. The number of esters is 1. The number of hydrogen-bond acceptors (Lipinski definition) is 2. The van der Waals surface area contributed by atoms with Crippen molar-refractivity contribution in [3.8, 4) is 0 Å². The molecule has 2 heteroatoms. The Balaban J connectivity index is 1.30. The van der Waals surface area contributed by atoms with Crippen LogP contribution in [0.3, 0.4) is 0 Å². The van der Waals surface area contributed by atoms with Gasteiger partial charge in [-0.3, -0.25) is 4.79 Å².